The molecule has 33 heavy (non-hydrogen) atoms. The normalized spacial score (nSPS) is 16.8. The number of amides is 2. The number of carbonyl (C=O) groups excluding carboxylic acids is 3. The summed E-state index contributed by atoms with van der Waals surface area (Å²) in [4.78, 5) is 39.4. The van der Waals surface area contributed by atoms with Crippen molar-refractivity contribution in [3.8, 4) is 0 Å². The van der Waals surface area contributed by atoms with Gasteiger partial charge in [-0.25, -0.2) is 0 Å². The number of unbranched alkanes of at least 4 members (excludes halogenated alkanes) is 1. The zero-order valence-corrected chi connectivity index (χ0v) is 19.5. The number of aliphatic hydroxyl groups excluding tert-OH is 1. The van der Waals surface area contributed by atoms with E-state index in [4.69, 9.17) is 4.74 Å². The molecule has 2 amide bonds. The number of carbonyl (C=O) groups is 3. The molecule has 0 unspecified atom stereocenters. The monoisotopic (exact) mass is 456 g/mol. The number of allylic oxidation sites excluding steroid dienone is 2. The van der Waals surface area contributed by atoms with Gasteiger partial charge in [-0.05, 0) is 43.7 Å². The van der Waals surface area contributed by atoms with Gasteiger partial charge in [0.2, 0.25) is 11.8 Å². The van der Waals surface area contributed by atoms with Crippen LogP contribution in [0.2, 0.25) is 0 Å². The fourth-order valence-electron chi connectivity index (χ4n) is 3.96. The topological polar surface area (TPSA) is 95.9 Å². The predicted octanol–water partition coefficient (Wildman–Crippen LogP) is 2.92. The van der Waals surface area contributed by atoms with E-state index in [1.165, 1.54) is 0 Å². The number of aliphatic hydroxyl groups is 1. The summed E-state index contributed by atoms with van der Waals surface area (Å²) in [5.41, 5.74) is 2.19. The lowest BCUT2D eigenvalue weighted by atomic mass is 9.92. The second kappa shape index (κ2) is 13.6. The number of ether oxygens (including phenoxy) is 1. The molecule has 1 aliphatic heterocycles. The van der Waals surface area contributed by atoms with Gasteiger partial charge in [-0.1, -0.05) is 36.4 Å². The molecule has 7 heteroatoms. The first-order chi connectivity index (χ1) is 15.9. The standard InChI is InChI=1S/C26H36N2O5/c1-4-6-7-13-25(31)33-19(3)16-27-26(32)21(10-5-2)15-24(30)28-17-22-12-9-8-11-20(22)14-23(28)18-29/h4-5,8-9,11-12,19,21,23,29H,1-2,6-7,10,13-18H2,3H3,(H,27,32)/t19-,21-,23-/m0/s1. The largest absolute Gasteiger partial charge is 0.461 e. The van der Waals surface area contributed by atoms with Crippen molar-refractivity contribution >= 4 is 17.8 Å². The fraction of sp³-hybridized carbons (Fsp3) is 0.500. The number of esters is 1. The summed E-state index contributed by atoms with van der Waals surface area (Å²) in [7, 11) is 0. The smallest absolute Gasteiger partial charge is 0.306 e. The van der Waals surface area contributed by atoms with E-state index in [-0.39, 0.29) is 43.4 Å². The summed E-state index contributed by atoms with van der Waals surface area (Å²) in [6, 6.07) is 7.58. The summed E-state index contributed by atoms with van der Waals surface area (Å²) in [6.45, 7) is 9.51. The minimum absolute atomic E-state index is 0.0201. The molecular formula is C26H36N2O5. The number of fused-ring (bicyclic) bond motifs is 1. The zero-order valence-electron chi connectivity index (χ0n) is 19.5. The third-order valence-corrected chi connectivity index (χ3v) is 5.82. The van der Waals surface area contributed by atoms with Gasteiger partial charge in [-0.15, -0.1) is 13.2 Å². The molecule has 0 saturated heterocycles. The second-order valence-corrected chi connectivity index (χ2v) is 8.48. The van der Waals surface area contributed by atoms with Crippen LogP contribution in [0.5, 0.6) is 0 Å². The molecule has 0 saturated carbocycles. The molecule has 1 aromatic carbocycles. The first kappa shape index (κ1) is 26.3. The number of nitrogens with zero attached hydrogens (tertiary/aromatic N) is 1. The summed E-state index contributed by atoms with van der Waals surface area (Å²) in [6.07, 6.45) is 5.60. The maximum atomic E-state index is 13.1. The highest BCUT2D eigenvalue weighted by atomic mass is 16.5. The maximum absolute atomic E-state index is 13.1. The van der Waals surface area contributed by atoms with E-state index < -0.39 is 12.0 Å². The van der Waals surface area contributed by atoms with Crippen LogP contribution in [0.15, 0.2) is 49.6 Å². The van der Waals surface area contributed by atoms with Crippen LogP contribution in [-0.4, -0.2) is 53.1 Å². The summed E-state index contributed by atoms with van der Waals surface area (Å²) >= 11 is 0. The van der Waals surface area contributed by atoms with Gasteiger partial charge < -0.3 is 20.1 Å². The van der Waals surface area contributed by atoms with Gasteiger partial charge in [0.25, 0.3) is 0 Å². The molecule has 0 radical (unpaired) electrons. The predicted molar refractivity (Wildman–Crippen MR) is 127 cm³/mol. The lowest BCUT2D eigenvalue weighted by Crippen LogP contribution is -2.47. The van der Waals surface area contributed by atoms with E-state index in [2.05, 4.69) is 18.5 Å². The van der Waals surface area contributed by atoms with E-state index in [9.17, 15) is 19.5 Å². The third kappa shape index (κ3) is 8.17. The molecule has 180 valence electrons. The van der Waals surface area contributed by atoms with Crippen LogP contribution in [-0.2, 0) is 32.1 Å². The van der Waals surface area contributed by atoms with E-state index >= 15 is 0 Å². The minimum atomic E-state index is -0.581. The average Bonchev–Trinajstić information content (AvgIpc) is 2.81. The molecule has 3 atom stereocenters. The van der Waals surface area contributed by atoms with Crippen LogP contribution in [0, 0.1) is 5.92 Å². The molecule has 7 nitrogen and oxygen atoms in total. The summed E-state index contributed by atoms with van der Waals surface area (Å²) in [5, 5.41) is 12.6. The molecule has 2 N–H and O–H groups in total. The molecule has 1 aromatic rings. The van der Waals surface area contributed by atoms with Crippen molar-refractivity contribution < 1.29 is 24.2 Å². The summed E-state index contributed by atoms with van der Waals surface area (Å²) < 4.78 is 5.31. The Morgan fingerprint density at radius 1 is 1.24 bits per heavy atom. The molecule has 1 heterocycles. The number of hydrogen-bond acceptors (Lipinski definition) is 5. The minimum Gasteiger partial charge on any atom is -0.461 e. The molecule has 2 rings (SSSR count). The lowest BCUT2D eigenvalue weighted by Gasteiger charge is -2.36. The lowest BCUT2D eigenvalue weighted by molar-refractivity contribution is -0.148. The van der Waals surface area contributed by atoms with Crippen molar-refractivity contribution in [2.24, 2.45) is 5.92 Å². The Kier molecular flexibility index (Phi) is 10.8. The Morgan fingerprint density at radius 2 is 1.97 bits per heavy atom. The number of benzene rings is 1. The van der Waals surface area contributed by atoms with Crippen molar-refractivity contribution in [3.63, 3.8) is 0 Å². The Morgan fingerprint density at radius 3 is 2.64 bits per heavy atom. The molecule has 0 bridgehead atoms. The average molecular weight is 457 g/mol. The van der Waals surface area contributed by atoms with Crippen LogP contribution in [0.4, 0.5) is 0 Å². The first-order valence-corrected chi connectivity index (χ1v) is 11.6. The van der Waals surface area contributed by atoms with E-state index in [0.717, 1.165) is 17.5 Å². The summed E-state index contributed by atoms with van der Waals surface area (Å²) in [5.74, 6) is -1.35. The molecular weight excluding hydrogens is 420 g/mol. The highest BCUT2D eigenvalue weighted by Gasteiger charge is 2.31. The molecule has 0 spiro atoms. The quantitative estimate of drug-likeness (QED) is 0.270. The molecule has 0 aliphatic carbocycles. The Labute approximate surface area is 196 Å². The first-order valence-electron chi connectivity index (χ1n) is 11.6. The van der Waals surface area contributed by atoms with Gasteiger partial charge in [-0.3, -0.25) is 14.4 Å². The van der Waals surface area contributed by atoms with Gasteiger partial charge in [0, 0.05) is 19.4 Å². The number of rotatable bonds is 13. The maximum Gasteiger partial charge on any atom is 0.306 e. The van der Waals surface area contributed by atoms with Crippen molar-refractivity contribution in [2.45, 2.75) is 64.1 Å². The molecule has 0 aromatic heterocycles. The van der Waals surface area contributed by atoms with Crippen LogP contribution in [0.3, 0.4) is 0 Å². The highest BCUT2D eigenvalue weighted by molar-refractivity contribution is 5.86. The van der Waals surface area contributed by atoms with Crippen molar-refractivity contribution in [3.05, 3.63) is 60.7 Å². The van der Waals surface area contributed by atoms with Gasteiger partial charge in [0.1, 0.15) is 6.10 Å². The Bertz CT molecular complexity index is 838. The number of hydrogen-bond donors (Lipinski definition) is 2. The van der Waals surface area contributed by atoms with Crippen molar-refractivity contribution in [1.82, 2.24) is 10.2 Å². The number of nitrogens with one attached hydrogen (secondary N) is 1. The van der Waals surface area contributed by atoms with Crippen LogP contribution >= 0.6 is 0 Å². The van der Waals surface area contributed by atoms with Gasteiger partial charge in [0.05, 0.1) is 25.1 Å². The van der Waals surface area contributed by atoms with Crippen LogP contribution in [0.25, 0.3) is 0 Å². The molecule has 1 aliphatic rings. The van der Waals surface area contributed by atoms with Crippen molar-refractivity contribution in [2.75, 3.05) is 13.2 Å². The Balaban J connectivity index is 1.91. The van der Waals surface area contributed by atoms with Crippen LogP contribution in [0.1, 0.15) is 50.2 Å². The Hall–Kier alpha value is -2.93. The van der Waals surface area contributed by atoms with E-state index in [1.807, 2.05) is 24.3 Å². The van der Waals surface area contributed by atoms with Gasteiger partial charge in [0.15, 0.2) is 0 Å². The van der Waals surface area contributed by atoms with Gasteiger partial charge in [-0.2, -0.15) is 0 Å². The van der Waals surface area contributed by atoms with E-state index in [0.29, 0.717) is 32.2 Å². The second-order valence-electron chi connectivity index (χ2n) is 8.48. The zero-order chi connectivity index (χ0) is 24.2. The van der Waals surface area contributed by atoms with Crippen molar-refractivity contribution in [1.29, 1.82) is 0 Å². The van der Waals surface area contributed by atoms with Gasteiger partial charge >= 0.3 is 5.97 Å². The van der Waals surface area contributed by atoms with Crippen LogP contribution < -0.4 is 5.32 Å². The van der Waals surface area contributed by atoms with E-state index in [1.54, 1.807) is 24.0 Å². The molecule has 0 fully saturated rings. The third-order valence-electron chi connectivity index (χ3n) is 5.82. The highest BCUT2D eigenvalue weighted by Crippen LogP contribution is 2.25. The fourth-order valence-corrected chi connectivity index (χ4v) is 3.96. The SMILES string of the molecule is C=CCCCC(=O)O[C@@H](C)CNC(=O)[C@@H](CC=C)CC(=O)N1Cc2ccccc2C[C@H]1CO.